The normalized spacial score (nSPS) is 12.9. The summed E-state index contributed by atoms with van der Waals surface area (Å²) in [6, 6.07) is 1.19. The number of hydrogen-bond donors (Lipinski definition) is 2. The van der Waals surface area contributed by atoms with Gasteiger partial charge in [-0.25, -0.2) is 13.2 Å². The number of benzene rings is 1. The molecule has 0 aliphatic rings. The molecule has 14 heavy (non-hydrogen) atoms. The van der Waals surface area contributed by atoms with Gasteiger partial charge in [-0.3, -0.25) is 0 Å². The molecular formula is C9H10F3NO. The van der Waals surface area contributed by atoms with Gasteiger partial charge < -0.3 is 10.8 Å². The number of nitrogens with two attached hydrogens (primary N) is 1. The fraction of sp³-hybridized carbons (Fsp3) is 0.333. The van der Waals surface area contributed by atoms with Gasteiger partial charge in [0.05, 0.1) is 6.10 Å². The van der Waals surface area contributed by atoms with E-state index in [4.69, 9.17) is 5.73 Å². The summed E-state index contributed by atoms with van der Waals surface area (Å²) in [5, 5.41) is 9.30. The maximum Gasteiger partial charge on any atom is 0.164 e. The number of aliphatic hydroxyl groups is 1. The van der Waals surface area contributed by atoms with Crippen LogP contribution in [0.1, 0.15) is 18.1 Å². The highest BCUT2D eigenvalue weighted by Gasteiger charge is 2.17. The average molecular weight is 205 g/mol. The van der Waals surface area contributed by atoms with Crippen molar-refractivity contribution in [3.8, 4) is 0 Å². The molecule has 1 aromatic rings. The molecule has 1 atom stereocenters. The molecule has 0 radical (unpaired) electrons. The maximum absolute atomic E-state index is 13.0. The lowest BCUT2D eigenvalue weighted by molar-refractivity contribution is 0.164. The van der Waals surface area contributed by atoms with E-state index >= 15 is 0 Å². The fourth-order valence-corrected chi connectivity index (χ4v) is 1.13. The van der Waals surface area contributed by atoms with E-state index in [-0.39, 0.29) is 13.0 Å². The minimum Gasteiger partial charge on any atom is -0.388 e. The van der Waals surface area contributed by atoms with Crippen LogP contribution in [0, 0.1) is 17.5 Å². The van der Waals surface area contributed by atoms with E-state index in [2.05, 4.69) is 0 Å². The maximum atomic E-state index is 13.0. The van der Waals surface area contributed by atoms with Crippen molar-refractivity contribution in [2.45, 2.75) is 12.5 Å². The van der Waals surface area contributed by atoms with Crippen LogP contribution in [0.15, 0.2) is 12.1 Å². The van der Waals surface area contributed by atoms with Crippen molar-refractivity contribution in [1.29, 1.82) is 0 Å². The Hall–Kier alpha value is -1.07. The number of halogens is 3. The molecule has 0 spiro atoms. The lowest BCUT2D eigenvalue weighted by Gasteiger charge is -2.10. The Balaban J connectivity index is 3.07. The number of hydrogen-bond acceptors (Lipinski definition) is 2. The summed E-state index contributed by atoms with van der Waals surface area (Å²) in [4.78, 5) is 0. The van der Waals surface area contributed by atoms with Gasteiger partial charge in [0.25, 0.3) is 0 Å². The van der Waals surface area contributed by atoms with Crippen LogP contribution in [0.2, 0.25) is 0 Å². The monoisotopic (exact) mass is 205 g/mol. The van der Waals surface area contributed by atoms with E-state index < -0.39 is 29.1 Å². The van der Waals surface area contributed by atoms with Gasteiger partial charge >= 0.3 is 0 Å². The molecule has 78 valence electrons. The van der Waals surface area contributed by atoms with Crippen molar-refractivity contribution < 1.29 is 18.3 Å². The van der Waals surface area contributed by atoms with Gasteiger partial charge in [-0.05, 0) is 19.0 Å². The Morgan fingerprint density at radius 2 is 1.93 bits per heavy atom. The van der Waals surface area contributed by atoms with Crippen LogP contribution < -0.4 is 5.73 Å². The van der Waals surface area contributed by atoms with Crippen LogP contribution in [-0.4, -0.2) is 11.7 Å². The molecule has 0 fully saturated rings. The van der Waals surface area contributed by atoms with Crippen LogP contribution in [0.25, 0.3) is 0 Å². The summed E-state index contributed by atoms with van der Waals surface area (Å²) in [5.41, 5.74) is 4.73. The lowest BCUT2D eigenvalue weighted by Crippen LogP contribution is -2.09. The molecule has 0 saturated heterocycles. The van der Waals surface area contributed by atoms with Crippen LogP contribution >= 0.6 is 0 Å². The zero-order valence-corrected chi connectivity index (χ0v) is 7.30. The molecule has 5 heteroatoms. The van der Waals surface area contributed by atoms with E-state index in [1.165, 1.54) is 0 Å². The Morgan fingerprint density at radius 1 is 1.29 bits per heavy atom. The van der Waals surface area contributed by atoms with Gasteiger partial charge in [-0.15, -0.1) is 0 Å². The first-order valence-electron chi connectivity index (χ1n) is 4.09. The smallest absolute Gasteiger partial charge is 0.164 e. The molecule has 3 N–H and O–H groups in total. The Morgan fingerprint density at radius 3 is 2.50 bits per heavy atom. The summed E-state index contributed by atoms with van der Waals surface area (Å²) in [6.07, 6.45) is -1.22. The first-order valence-corrected chi connectivity index (χ1v) is 4.09. The van der Waals surface area contributed by atoms with E-state index in [9.17, 15) is 18.3 Å². The molecule has 0 aliphatic carbocycles. The first kappa shape index (κ1) is 11.0. The Labute approximate surface area is 79.2 Å². The van der Waals surface area contributed by atoms with Gasteiger partial charge in [-0.2, -0.15) is 0 Å². The fourth-order valence-electron chi connectivity index (χ4n) is 1.13. The molecule has 0 aliphatic heterocycles. The van der Waals surface area contributed by atoms with Crippen LogP contribution in [-0.2, 0) is 0 Å². The minimum absolute atomic E-state index is 0.0554. The third-order valence-electron chi connectivity index (χ3n) is 1.82. The zero-order valence-electron chi connectivity index (χ0n) is 7.30. The molecule has 2 nitrogen and oxygen atoms in total. The molecule has 1 unspecified atom stereocenters. The SMILES string of the molecule is NCCC(O)c1cc(F)cc(F)c1F. The second-order valence-electron chi connectivity index (χ2n) is 2.88. The van der Waals surface area contributed by atoms with Gasteiger partial charge in [0.15, 0.2) is 11.6 Å². The van der Waals surface area contributed by atoms with Gasteiger partial charge in [0, 0.05) is 11.6 Å². The second kappa shape index (κ2) is 4.43. The van der Waals surface area contributed by atoms with Crippen molar-refractivity contribution in [2.75, 3.05) is 6.54 Å². The van der Waals surface area contributed by atoms with Crippen LogP contribution in [0.5, 0.6) is 0 Å². The van der Waals surface area contributed by atoms with Crippen LogP contribution in [0.3, 0.4) is 0 Å². The van der Waals surface area contributed by atoms with Crippen molar-refractivity contribution in [3.05, 3.63) is 35.1 Å². The number of aliphatic hydroxyl groups excluding tert-OH is 1. The Kier molecular flexibility index (Phi) is 3.49. The third kappa shape index (κ3) is 2.24. The molecule has 0 bridgehead atoms. The molecule has 0 saturated carbocycles. The molecule has 1 aromatic carbocycles. The number of rotatable bonds is 3. The predicted molar refractivity (Wildman–Crippen MR) is 44.9 cm³/mol. The lowest BCUT2D eigenvalue weighted by atomic mass is 10.1. The molecule has 0 amide bonds. The van der Waals surface area contributed by atoms with E-state index in [0.717, 1.165) is 6.07 Å². The molecule has 1 rings (SSSR count). The highest BCUT2D eigenvalue weighted by Crippen LogP contribution is 2.22. The predicted octanol–water partition coefficient (Wildman–Crippen LogP) is 1.49. The van der Waals surface area contributed by atoms with Gasteiger partial charge in [0.1, 0.15) is 5.82 Å². The van der Waals surface area contributed by atoms with E-state index in [1.54, 1.807) is 0 Å². The topological polar surface area (TPSA) is 46.2 Å². The standard InChI is InChI=1S/C9H10F3NO/c10-5-3-6(8(14)1-2-13)9(12)7(11)4-5/h3-4,8,14H,1-2,13H2. The van der Waals surface area contributed by atoms with Crippen molar-refractivity contribution in [1.82, 2.24) is 0 Å². The largest absolute Gasteiger partial charge is 0.388 e. The summed E-state index contributed by atoms with van der Waals surface area (Å²) < 4.78 is 38.4. The average Bonchev–Trinajstić information content (AvgIpc) is 2.11. The van der Waals surface area contributed by atoms with Gasteiger partial charge in [-0.1, -0.05) is 0 Å². The highest BCUT2D eigenvalue weighted by molar-refractivity contribution is 5.22. The zero-order chi connectivity index (χ0) is 10.7. The summed E-state index contributed by atoms with van der Waals surface area (Å²) in [7, 11) is 0. The van der Waals surface area contributed by atoms with Crippen molar-refractivity contribution >= 4 is 0 Å². The molecular weight excluding hydrogens is 195 g/mol. The van der Waals surface area contributed by atoms with E-state index in [1.807, 2.05) is 0 Å². The summed E-state index contributed by atoms with van der Waals surface area (Å²) in [5.74, 6) is -3.46. The summed E-state index contributed by atoms with van der Waals surface area (Å²) in [6.45, 7) is 0.110. The minimum atomic E-state index is -1.31. The van der Waals surface area contributed by atoms with Gasteiger partial charge in [0.2, 0.25) is 0 Å². The summed E-state index contributed by atoms with van der Waals surface area (Å²) >= 11 is 0. The van der Waals surface area contributed by atoms with Crippen LogP contribution in [0.4, 0.5) is 13.2 Å². The molecule has 0 aromatic heterocycles. The molecule has 0 heterocycles. The quantitative estimate of drug-likeness (QED) is 0.734. The third-order valence-corrected chi connectivity index (χ3v) is 1.82. The highest BCUT2D eigenvalue weighted by atomic mass is 19.2. The van der Waals surface area contributed by atoms with Crippen molar-refractivity contribution in [2.24, 2.45) is 5.73 Å². The van der Waals surface area contributed by atoms with Crippen molar-refractivity contribution in [3.63, 3.8) is 0 Å². The second-order valence-corrected chi connectivity index (χ2v) is 2.88. The Bertz CT molecular complexity index is 330. The van der Waals surface area contributed by atoms with E-state index in [0.29, 0.717) is 6.07 Å². The first-order chi connectivity index (χ1) is 6.56.